The van der Waals surface area contributed by atoms with Gasteiger partial charge in [-0.1, -0.05) is 23.7 Å². The molecule has 0 unspecified atom stereocenters. The fourth-order valence-corrected chi connectivity index (χ4v) is 1.73. The van der Waals surface area contributed by atoms with E-state index >= 15 is 0 Å². The summed E-state index contributed by atoms with van der Waals surface area (Å²) in [5, 5.41) is 26.0. The third kappa shape index (κ3) is 3.76. The van der Waals surface area contributed by atoms with Crippen molar-refractivity contribution in [3.05, 3.63) is 73.3 Å². The normalized spacial score (nSPS) is 10.6. The standard InChI is InChI=1S/C13H9ClN4O4/c14-10-3-1-9(2-4-10)8-15-16-12-6-5-11(17(19)20)7-13(12)18(21)22/h1-8,16H. The van der Waals surface area contributed by atoms with Crippen LogP contribution in [-0.4, -0.2) is 16.1 Å². The van der Waals surface area contributed by atoms with Crippen LogP contribution in [0, 0.1) is 20.2 Å². The van der Waals surface area contributed by atoms with E-state index in [4.69, 9.17) is 11.6 Å². The number of nitrogens with one attached hydrogen (secondary N) is 1. The molecule has 0 saturated carbocycles. The highest BCUT2D eigenvalue weighted by atomic mass is 35.5. The molecule has 22 heavy (non-hydrogen) atoms. The van der Waals surface area contributed by atoms with Gasteiger partial charge in [0.25, 0.3) is 5.69 Å². The van der Waals surface area contributed by atoms with Gasteiger partial charge in [0.1, 0.15) is 5.69 Å². The number of anilines is 1. The maximum atomic E-state index is 10.9. The van der Waals surface area contributed by atoms with Crippen LogP contribution in [0.3, 0.4) is 0 Å². The summed E-state index contributed by atoms with van der Waals surface area (Å²) in [7, 11) is 0. The summed E-state index contributed by atoms with van der Waals surface area (Å²) in [5.41, 5.74) is 2.50. The Kier molecular flexibility index (Phi) is 4.64. The van der Waals surface area contributed by atoms with Gasteiger partial charge in [-0.3, -0.25) is 25.7 Å². The molecular weight excluding hydrogens is 312 g/mol. The molecule has 0 aliphatic heterocycles. The highest BCUT2D eigenvalue weighted by Crippen LogP contribution is 2.28. The van der Waals surface area contributed by atoms with Gasteiger partial charge in [0.05, 0.1) is 22.1 Å². The smallest absolute Gasteiger partial charge is 0.272 e. The lowest BCUT2D eigenvalue weighted by Crippen LogP contribution is -1.98. The minimum Gasteiger partial charge on any atom is -0.272 e. The van der Waals surface area contributed by atoms with E-state index in [1.807, 2.05) is 0 Å². The summed E-state index contributed by atoms with van der Waals surface area (Å²) < 4.78 is 0. The largest absolute Gasteiger partial charge is 0.301 e. The van der Waals surface area contributed by atoms with E-state index in [-0.39, 0.29) is 11.4 Å². The van der Waals surface area contributed by atoms with Crippen molar-refractivity contribution in [1.29, 1.82) is 0 Å². The van der Waals surface area contributed by atoms with Gasteiger partial charge in [-0.05, 0) is 23.8 Å². The Morgan fingerprint density at radius 3 is 2.32 bits per heavy atom. The zero-order chi connectivity index (χ0) is 16.1. The van der Waals surface area contributed by atoms with E-state index in [9.17, 15) is 20.2 Å². The Morgan fingerprint density at radius 2 is 1.73 bits per heavy atom. The molecule has 0 aliphatic rings. The number of hydrazone groups is 1. The van der Waals surface area contributed by atoms with Gasteiger partial charge in [0.15, 0.2) is 0 Å². The Hall–Kier alpha value is -3.00. The molecule has 2 rings (SSSR count). The number of rotatable bonds is 5. The van der Waals surface area contributed by atoms with Crippen LogP contribution in [0.5, 0.6) is 0 Å². The second-order valence-electron chi connectivity index (χ2n) is 4.14. The molecule has 0 heterocycles. The van der Waals surface area contributed by atoms with Gasteiger partial charge in [-0.25, -0.2) is 0 Å². The first-order valence-corrected chi connectivity index (χ1v) is 6.32. The van der Waals surface area contributed by atoms with Crippen molar-refractivity contribution in [2.75, 3.05) is 5.43 Å². The first-order chi connectivity index (χ1) is 10.5. The Balaban J connectivity index is 2.20. The van der Waals surface area contributed by atoms with E-state index in [0.717, 1.165) is 17.7 Å². The number of nitrogens with zero attached hydrogens (tertiary/aromatic N) is 3. The third-order valence-electron chi connectivity index (χ3n) is 2.66. The molecule has 0 radical (unpaired) electrons. The lowest BCUT2D eigenvalue weighted by atomic mass is 10.2. The van der Waals surface area contributed by atoms with Gasteiger partial charge in [-0.2, -0.15) is 5.10 Å². The van der Waals surface area contributed by atoms with Crippen LogP contribution in [0.4, 0.5) is 17.1 Å². The zero-order valence-electron chi connectivity index (χ0n) is 11.0. The van der Waals surface area contributed by atoms with Crippen molar-refractivity contribution in [2.24, 2.45) is 5.10 Å². The lowest BCUT2D eigenvalue weighted by molar-refractivity contribution is -0.393. The highest BCUT2D eigenvalue weighted by molar-refractivity contribution is 6.30. The molecule has 2 aromatic carbocycles. The second kappa shape index (κ2) is 6.64. The van der Waals surface area contributed by atoms with E-state index in [1.165, 1.54) is 12.3 Å². The monoisotopic (exact) mass is 320 g/mol. The maximum Gasteiger partial charge on any atom is 0.301 e. The molecule has 0 atom stereocenters. The Morgan fingerprint density at radius 1 is 1.05 bits per heavy atom. The van der Waals surface area contributed by atoms with Gasteiger partial charge in [0, 0.05) is 11.1 Å². The number of hydrogen-bond acceptors (Lipinski definition) is 6. The lowest BCUT2D eigenvalue weighted by Gasteiger charge is -2.02. The quantitative estimate of drug-likeness (QED) is 0.514. The molecule has 0 aliphatic carbocycles. The molecule has 9 heteroatoms. The van der Waals surface area contributed by atoms with Crippen molar-refractivity contribution in [1.82, 2.24) is 0 Å². The van der Waals surface area contributed by atoms with Crippen LogP contribution in [0.15, 0.2) is 47.6 Å². The maximum absolute atomic E-state index is 10.9. The van der Waals surface area contributed by atoms with Gasteiger partial charge in [-0.15, -0.1) is 0 Å². The van der Waals surface area contributed by atoms with E-state index < -0.39 is 15.5 Å². The number of halogens is 1. The van der Waals surface area contributed by atoms with Crippen molar-refractivity contribution in [3.8, 4) is 0 Å². The average molecular weight is 321 g/mol. The first-order valence-electron chi connectivity index (χ1n) is 5.95. The highest BCUT2D eigenvalue weighted by Gasteiger charge is 2.18. The van der Waals surface area contributed by atoms with Gasteiger partial charge in [0.2, 0.25) is 0 Å². The Bertz CT molecular complexity index is 746. The predicted molar refractivity (Wildman–Crippen MR) is 82.4 cm³/mol. The summed E-state index contributed by atoms with van der Waals surface area (Å²) in [5.74, 6) is 0. The number of nitro benzene ring substituents is 2. The molecule has 8 nitrogen and oxygen atoms in total. The SMILES string of the molecule is O=[N+]([O-])c1ccc(NN=Cc2ccc(Cl)cc2)c([N+](=O)[O-])c1. The summed E-state index contributed by atoms with van der Waals surface area (Å²) in [4.78, 5) is 20.2. The van der Waals surface area contributed by atoms with Crippen molar-refractivity contribution in [2.45, 2.75) is 0 Å². The number of benzene rings is 2. The zero-order valence-corrected chi connectivity index (χ0v) is 11.7. The van der Waals surface area contributed by atoms with Crippen LogP contribution in [0.25, 0.3) is 0 Å². The summed E-state index contributed by atoms with van der Waals surface area (Å²) >= 11 is 5.75. The fraction of sp³-hybridized carbons (Fsp3) is 0. The molecule has 2 aromatic rings. The first kappa shape index (κ1) is 15.4. The van der Waals surface area contributed by atoms with Crippen LogP contribution in [0.1, 0.15) is 5.56 Å². The van der Waals surface area contributed by atoms with E-state index in [2.05, 4.69) is 10.5 Å². The molecule has 0 bridgehead atoms. The van der Waals surface area contributed by atoms with Crippen molar-refractivity contribution < 1.29 is 9.85 Å². The van der Waals surface area contributed by atoms with Gasteiger partial charge >= 0.3 is 5.69 Å². The minimum atomic E-state index is -0.715. The molecule has 0 amide bonds. The van der Waals surface area contributed by atoms with Crippen LogP contribution in [-0.2, 0) is 0 Å². The third-order valence-corrected chi connectivity index (χ3v) is 2.91. The number of hydrogen-bond donors (Lipinski definition) is 1. The number of nitro groups is 2. The second-order valence-corrected chi connectivity index (χ2v) is 4.57. The molecule has 1 N–H and O–H groups in total. The predicted octanol–water partition coefficient (Wildman–Crippen LogP) is 3.60. The van der Waals surface area contributed by atoms with Crippen LogP contribution < -0.4 is 5.43 Å². The van der Waals surface area contributed by atoms with E-state index in [1.54, 1.807) is 24.3 Å². The molecule has 0 spiro atoms. The number of non-ortho nitro benzene ring substituents is 1. The molecule has 112 valence electrons. The average Bonchev–Trinajstić information content (AvgIpc) is 2.49. The van der Waals surface area contributed by atoms with Gasteiger partial charge < -0.3 is 0 Å². The Labute approximate surface area is 129 Å². The fourth-order valence-electron chi connectivity index (χ4n) is 1.60. The molecule has 0 aromatic heterocycles. The molecule has 0 saturated heterocycles. The minimum absolute atomic E-state index is 0.0563. The van der Waals surface area contributed by atoms with E-state index in [0.29, 0.717) is 5.02 Å². The van der Waals surface area contributed by atoms with Crippen LogP contribution >= 0.6 is 11.6 Å². The molecule has 0 fully saturated rings. The van der Waals surface area contributed by atoms with Crippen molar-refractivity contribution >= 4 is 34.9 Å². The molecular formula is C13H9ClN4O4. The summed E-state index contributed by atoms with van der Waals surface area (Å²) in [6, 6.07) is 10.1. The summed E-state index contributed by atoms with van der Waals surface area (Å²) in [6.07, 6.45) is 1.45. The topological polar surface area (TPSA) is 111 Å². The van der Waals surface area contributed by atoms with Crippen LogP contribution in [0.2, 0.25) is 5.02 Å². The summed E-state index contributed by atoms with van der Waals surface area (Å²) in [6.45, 7) is 0. The van der Waals surface area contributed by atoms with Crippen molar-refractivity contribution in [3.63, 3.8) is 0 Å².